The zero-order valence-electron chi connectivity index (χ0n) is 24.6. The van der Waals surface area contributed by atoms with Crippen LogP contribution < -0.4 is 9.47 Å². The molecule has 2 aromatic rings. The van der Waals surface area contributed by atoms with E-state index < -0.39 is 12.2 Å². The topological polar surface area (TPSA) is 112 Å². The number of aliphatic hydroxyl groups excluding tert-OH is 2. The second-order valence-corrected chi connectivity index (χ2v) is 11.0. The summed E-state index contributed by atoms with van der Waals surface area (Å²) in [7, 11) is 0. The summed E-state index contributed by atoms with van der Waals surface area (Å²) in [4.78, 5) is 23.3. The normalized spacial score (nSPS) is 13.0. The molecule has 2 unspecified atom stereocenters. The predicted octanol–water partition coefficient (Wildman–Crippen LogP) is 5.20. The van der Waals surface area contributed by atoms with E-state index in [2.05, 4.69) is 13.8 Å². The molecule has 40 heavy (non-hydrogen) atoms. The van der Waals surface area contributed by atoms with Crippen LogP contribution in [0, 0.1) is 5.92 Å². The minimum Gasteiger partial charge on any atom is -0.491 e. The number of benzene rings is 2. The van der Waals surface area contributed by atoms with Crippen LogP contribution in [0.2, 0.25) is 0 Å². The van der Waals surface area contributed by atoms with Gasteiger partial charge in [0, 0.05) is 18.3 Å². The van der Waals surface area contributed by atoms with E-state index in [-0.39, 0.29) is 43.8 Å². The molecule has 2 atom stereocenters. The van der Waals surface area contributed by atoms with Crippen molar-refractivity contribution < 1.29 is 38.7 Å². The Bertz CT molecular complexity index is 1010. The Balaban J connectivity index is 1.81. The zero-order chi connectivity index (χ0) is 29.5. The molecule has 0 amide bonds. The Morgan fingerprint density at radius 2 is 1.15 bits per heavy atom. The SMILES string of the molecule is CCCCC(=O)OCC(O)COc1ccc(C(C)(C)c2ccc(OCC(O)COC(=O)CCC(C)C)cc2)cc1. The molecule has 222 valence electrons. The highest BCUT2D eigenvalue weighted by molar-refractivity contribution is 5.69. The van der Waals surface area contributed by atoms with Gasteiger partial charge in [-0.15, -0.1) is 0 Å². The van der Waals surface area contributed by atoms with E-state index in [1.165, 1.54) is 0 Å². The molecule has 8 heteroatoms. The highest BCUT2D eigenvalue weighted by Crippen LogP contribution is 2.33. The van der Waals surface area contributed by atoms with Crippen molar-refractivity contribution in [2.24, 2.45) is 5.92 Å². The summed E-state index contributed by atoms with van der Waals surface area (Å²) in [6.45, 7) is 10.2. The first-order chi connectivity index (χ1) is 19.0. The average molecular weight is 559 g/mol. The summed E-state index contributed by atoms with van der Waals surface area (Å²) in [6, 6.07) is 15.3. The molecule has 0 fully saturated rings. The largest absolute Gasteiger partial charge is 0.491 e. The Morgan fingerprint density at radius 3 is 1.55 bits per heavy atom. The highest BCUT2D eigenvalue weighted by Gasteiger charge is 2.23. The number of ether oxygens (including phenoxy) is 4. The van der Waals surface area contributed by atoms with Crippen molar-refractivity contribution in [2.75, 3.05) is 26.4 Å². The summed E-state index contributed by atoms with van der Waals surface area (Å²) in [5.74, 6) is 1.04. The van der Waals surface area contributed by atoms with Gasteiger partial charge in [-0.05, 0) is 54.2 Å². The van der Waals surface area contributed by atoms with Crippen LogP contribution in [0.25, 0.3) is 0 Å². The fraction of sp³-hybridized carbons (Fsp3) is 0.562. The predicted molar refractivity (Wildman–Crippen MR) is 154 cm³/mol. The lowest BCUT2D eigenvalue weighted by Crippen LogP contribution is -2.25. The smallest absolute Gasteiger partial charge is 0.305 e. The van der Waals surface area contributed by atoms with Crippen molar-refractivity contribution in [3.63, 3.8) is 0 Å². The average Bonchev–Trinajstić information content (AvgIpc) is 2.95. The van der Waals surface area contributed by atoms with Crippen LogP contribution in [0.4, 0.5) is 0 Å². The van der Waals surface area contributed by atoms with Crippen LogP contribution in [0.1, 0.15) is 77.8 Å². The molecule has 0 aliphatic rings. The summed E-state index contributed by atoms with van der Waals surface area (Å²) >= 11 is 0. The summed E-state index contributed by atoms with van der Waals surface area (Å²) in [6.07, 6.45) is 1.36. The lowest BCUT2D eigenvalue weighted by molar-refractivity contribution is -0.148. The van der Waals surface area contributed by atoms with Gasteiger partial charge in [0.2, 0.25) is 0 Å². The minimum absolute atomic E-state index is 0.0254. The third-order valence-electron chi connectivity index (χ3n) is 6.57. The van der Waals surface area contributed by atoms with Crippen LogP contribution in [0.5, 0.6) is 11.5 Å². The Labute approximate surface area is 238 Å². The molecule has 0 heterocycles. The fourth-order valence-electron chi connectivity index (χ4n) is 3.83. The maximum absolute atomic E-state index is 11.7. The first-order valence-corrected chi connectivity index (χ1v) is 14.1. The van der Waals surface area contributed by atoms with Gasteiger partial charge in [0.25, 0.3) is 0 Å². The molecule has 0 saturated carbocycles. The Morgan fingerprint density at radius 1 is 0.725 bits per heavy atom. The number of unbranched alkanes of at least 4 members (excludes halogenated alkanes) is 1. The van der Waals surface area contributed by atoms with E-state index in [1.807, 2.05) is 69.3 Å². The number of esters is 2. The molecule has 0 aromatic heterocycles. The van der Waals surface area contributed by atoms with Crippen molar-refractivity contribution in [3.05, 3.63) is 59.7 Å². The highest BCUT2D eigenvalue weighted by atomic mass is 16.6. The molecule has 0 bridgehead atoms. The Hall–Kier alpha value is -3.10. The molecule has 2 aromatic carbocycles. The number of aliphatic hydroxyl groups is 2. The van der Waals surface area contributed by atoms with Crippen LogP contribution in [0.15, 0.2) is 48.5 Å². The van der Waals surface area contributed by atoms with Crippen molar-refractivity contribution in [1.82, 2.24) is 0 Å². The van der Waals surface area contributed by atoms with Gasteiger partial charge in [-0.2, -0.15) is 0 Å². The van der Waals surface area contributed by atoms with Gasteiger partial charge in [-0.25, -0.2) is 0 Å². The van der Waals surface area contributed by atoms with Gasteiger partial charge >= 0.3 is 11.9 Å². The maximum Gasteiger partial charge on any atom is 0.305 e. The fourth-order valence-corrected chi connectivity index (χ4v) is 3.83. The number of rotatable bonds is 18. The van der Waals surface area contributed by atoms with Gasteiger partial charge in [-0.3, -0.25) is 9.59 Å². The lowest BCUT2D eigenvalue weighted by Gasteiger charge is -2.26. The van der Waals surface area contributed by atoms with Crippen LogP contribution in [-0.2, 0) is 24.5 Å². The van der Waals surface area contributed by atoms with Gasteiger partial charge < -0.3 is 29.2 Å². The zero-order valence-corrected chi connectivity index (χ0v) is 24.6. The van der Waals surface area contributed by atoms with E-state index in [0.717, 1.165) is 30.4 Å². The van der Waals surface area contributed by atoms with Gasteiger partial charge in [0.15, 0.2) is 0 Å². The number of hydrogen-bond acceptors (Lipinski definition) is 8. The van der Waals surface area contributed by atoms with Crippen molar-refractivity contribution in [3.8, 4) is 11.5 Å². The maximum atomic E-state index is 11.7. The first kappa shape index (κ1) is 33.1. The van der Waals surface area contributed by atoms with Crippen molar-refractivity contribution in [1.29, 1.82) is 0 Å². The molecule has 0 aliphatic carbocycles. The summed E-state index contributed by atoms with van der Waals surface area (Å²) in [5, 5.41) is 20.1. The second-order valence-electron chi connectivity index (χ2n) is 11.0. The number of carbonyl (C=O) groups is 2. The molecule has 0 spiro atoms. The minimum atomic E-state index is -0.901. The van der Waals surface area contributed by atoms with E-state index in [9.17, 15) is 19.8 Å². The van der Waals surface area contributed by atoms with Crippen LogP contribution >= 0.6 is 0 Å². The standard InChI is InChI=1S/C32H46O8/c1-6-7-8-30(35)39-21-26(33)19-37-28-14-10-24(11-15-28)32(4,5)25-12-16-29(17-13-25)38-20-27(34)22-40-31(36)18-9-23(2)3/h10-17,23,26-27,33-34H,6-9,18-22H2,1-5H3. The molecule has 2 rings (SSSR count). The summed E-state index contributed by atoms with van der Waals surface area (Å²) in [5.41, 5.74) is 1.86. The van der Waals surface area contributed by atoms with Crippen molar-refractivity contribution in [2.45, 2.75) is 84.3 Å². The molecular formula is C32H46O8. The molecule has 8 nitrogen and oxygen atoms in total. The number of hydrogen-bond donors (Lipinski definition) is 2. The van der Waals surface area contributed by atoms with Crippen LogP contribution in [-0.4, -0.2) is 60.8 Å². The Kier molecular flexibility index (Phi) is 14.0. The van der Waals surface area contributed by atoms with Crippen molar-refractivity contribution >= 4 is 11.9 Å². The third kappa shape index (κ3) is 12.0. The monoisotopic (exact) mass is 558 g/mol. The molecule has 2 N–H and O–H groups in total. The lowest BCUT2D eigenvalue weighted by atomic mass is 9.78. The van der Waals surface area contributed by atoms with Gasteiger partial charge in [0.05, 0.1) is 0 Å². The molecule has 0 aliphatic heterocycles. The molecule has 0 radical (unpaired) electrons. The molecule has 0 saturated heterocycles. The second kappa shape index (κ2) is 16.9. The van der Waals surface area contributed by atoms with Gasteiger partial charge in [0.1, 0.15) is 50.1 Å². The van der Waals surface area contributed by atoms with E-state index in [1.54, 1.807) is 0 Å². The van der Waals surface area contributed by atoms with E-state index in [0.29, 0.717) is 30.3 Å². The summed E-state index contributed by atoms with van der Waals surface area (Å²) < 4.78 is 21.5. The quantitative estimate of drug-likeness (QED) is 0.240. The third-order valence-corrected chi connectivity index (χ3v) is 6.57. The van der Waals surface area contributed by atoms with E-state index >= 15 is 0 Å². The first-order valence-electron chi connectivity index (χ1n) is 14.1. The van der Waals surface area contributed by atoms with E-state index in [4.69, 9.17) is 18.9 Å². The van der Waals surface area contributed by atoms with Crippen LogP contribution in [0.3, 0.4) is 0 Å². The number of carbonyl (C=O) groups excluding carboxylic acids is 2. The molecular weight excluding hydrogens is 512 g/mol. The van der Waals surface area contributed by atoms with Gasteiger partial charge in [-0.1, -0.05) is 65.3 Å².